The maximum atomic E-state index is 11.1. The van der Waals surface area contributed by atoms with Crippen LogP contribution in [-0.4, -0.2) is 31.2 Å². The van der Waals surface area contributed by atoms with Crippen molar-refractivity contribution in [2.45, 2.75) is 57.5 Å². The second-order valence-corrected chi connectivity index (χ2v) is 4.53. The van der Waals surface area contributed by atoms with Crippen LogP contribution in [0.25, 0.3) is 0 Å². The quantitative estimate of drug-likeness (QED) is 0.552. The molecule has 1 atom stereocenters. The molecule has 4 nitrogen and oxygen atoms in total. The highest BCUT2D eigenvalue weighted by molar-refractivity contribution is 5.80. The number of rotatable bonds is 10. The highest BCUT2D eigenvalue weighted by Crippen LogP contribution is 2.19. The van der Waals surface area contributed by atoms with E-state index in [2.05, 4.69) is 12.2 Å². The van der Waals surface area contributed by atoms with Gasteiger partial charge in [-0.15, -0.1) is 0 Å². The van der Waals surface area contributed by atoms with Crippen LogP contribution in [0, 0.1) is 0 Å². The first kappa shape index (κ1) is 13.5. The minimum atomic E-state index is -0.307. The molecule has 0 heterocycles. The van der Waals surface area contributed by atoms with Gasteiger partial charge in [0.2, 0.25) is 5.91 Å². The van der Waals surface area contributed by atoms with E-state index in [1.54, 1.807) is 0 Å². The zero-order valence-electron chi connectivity index (χ0n) is 10.2. The average Bonchev–Trinajstić information content (AvgIpc) is 3.05. The third-order valence-corrected chi connectivity index (χ3v) is 2.78. The molecule has 0 aromatic rings. The van der Waals surface area contributed by atoms with E-state index < -0.39 is 0 Å². The fraction of sp³-hybridized carbons (Fsp3) is 0.917. The summed E-state index contributed by atoms with van der Waals surface area (Å²) in [5, 5.41) is 3.19. The topological polar surface area (TPSA) is 64.3 Å². The van der Waals surface area contributed by atoms with E-state index in [9.17, 15) is 4.79 Å². The van der Waals surface area contributed by atoms with Crippen molar-refractivity contribution in [2.75, 3.05) is 13.2 Å². The van der Waals surface area contributed by atoms with Gasteiger partial charge in [0.1, 0.15) is 6.04 Å². The van der Waals surface area contributed by atoms with E-state index in [-0.39, 0.29) is 11.9 Å². The van der Waals surface area contributed by atoms with Gasteiger partial charge in [0, 0.05) is 12.6 Å². The third kappa shape index (κ3) is 6.08. The first-order valence-corrected chi connectivity index (χ1v) is 6.37. The summed E-state index contributed by atoms with van der Waals surface area (Å²) in [6.45, 7) is 3.33. The second kappa shape index (κ2) is 7.63. The van der Waals surface area contributed by atoms with Gasteiger partial charge in [0.25, 0.3) is 0 Å². The Hall–Kier alpha value is -0.610. The van der Waals surface area contributed by atoms with Crippen molar-refractivity contribution < 1.29 is 9.53 Å². The standard InChI is InChI=1S/C12H24N2O2/c1-2-3-4-5-8-16-9-11(12(13)15)14-10-6-7-10/h10-11,14H,2-9H2,1H3,(H2,13,15). The molecule has 0 spiro atoms. The summed E-state index contributed by atoms with van der Waals surface area (Å²) in [5.41, 5.74) is 5.29. The van der Waals surface area contributed by atoms with Crippen molar-refractivity contribution in [1.29, 1.82) is 0 Å². The predicted octanol–water partition coefficient (Wildman–Crippen LogP) is 1.19. The van der Waals surface area contributed by atoms with Crippen LogP contribution in [-0.2, 0) is 9.53 Å². The minimum absolute atomic E-state index is 0.305. The number of carbonyl (C=O) groups is 1. The summed E-state index contributed by atoms with van der Waals surface area (Å²) < 4.78 is 5.47. The molecule has 1 rings (SSSR count). The molecular weight excluding hydrogens is 204 g/mol. The van der Waals surface area contributed by atoms with E-state index in [1.165, 1.54) is 19.3 Å². The molecule has 94 valence electrons. The Morgan fingerprint density at radius 3 is 2.75 bits per heavy atom. The maximum Gasteiger partial charge on any atom is 0.236 e. The Morgan fingerprint density at radius 2 is 2.19 bits per heavy atom. The van der Waals surface area contributed by atoms with Crippen molar-refractivity contribution in [3.63, 3.8) is 0 Å². The number of primary amides is 1. The van der Waals surface area contributed by atoms with Gasteiger partial charge >= 0.3 is 0 Å². The predicted molar refractivity (Wildman–Crippen MR) is 64.1 cm³/mol. The van der Waals surface area contributed by atoms with Crippen LogP contribution in [0.4, 0.5) is 0 Å². The van der Waals surface area contributed by atoms with Crippen LogP contribution in [0.3, 0.4) is 0 Å². The minimum Gasteiger partial charge on any atom is -0.379 e. The number of nitrogens with two attached hydrogens (primary N) is 1. The highest BCUT2D eigenvalue weighted by Gasteiger charge is 2.27. The summed E-state index contributed by atoms with van der Waals surface area (Å²) in [5.74, 6) is -0.305. The lowest BCUT2D eigenvalue weighted by atomic mass is 10.2. The second-order valence-electron chi connectivity index (χ2n) is 4.53. The Labute approximate surface area is 97.9 Å². The SMILES string of the molecule is CCCCCCOCC(NC1CC1)C(N)=O. The summed E-state index contributed by atoms with van der Waals surface area (Å²) in [6, 6.07) is 0.180. The number of unbranched alkanes of at least 4 members (excludes halogenated alkanes) is 3. The number of carbonyl (C=O) groups excluding carboxylic acids is 1. The van der Waals surface area contributed by atoms with Gasteiger partial charge < -0.3 is 15.8 Å². The molecule has 1 saturated carbocycles. The van der Waals surface area contributed by atoms with Crippen molar-refractivity contribution in [3.8, 4) is 0 Å². The molecule has 0 saturated heterocycles. The van der Waals surface area contributed by atoms with Crippen molar-refractivity contribution in [1.82, 2.24) is 5.32 Å². The lowest BCUT2D eigenvalue weighted by molar-refractivity contribution is -0.121. The van der Waals surface area contributed by atoms with E-state index in [0.29, 0.717) is 12.6 Å². The fourth-order valence-corrected chi connectivity index (χ4v) is 1.58. The Bertz CT molecular complexity index is 205. The molecule has 16 heavy (non-hydrogen) atoms. The first-order valence-electron chi connectivity index (χ1n) is 6.37. The van der Waals surface area contributed by atoms with Gasteiger partial charge in [-0.1, -0.05) is 26.2 Å². The van der Waals surface area contributed by atoms with Crippen molar-refractivity contribution >= 4 is 5.91 Å². The van der Waals surface area contributed by atoms with Crippen LogP contribution in [0.15, 0.2) is 0 Å². The van der Waals surface area contributed by atoms with E-state index in [1.807, 2.05) is 0 Å². The molecule has 0 aromatic carbocycles. The number of ether oxygens (including phenoxy) is 1. The Kier molecular flexibility index (Phi) is 6.42. The van der Waals surface area contributed by atoms with Crippen molar-refractivity contribution in [2.24, 2.45) is 5.73 Å². The first-order chi connectivity index (χ1) is 7.74. The molecular formula is C12H24N2O2. The number of nitrogens with one attached hydrogen (secondary N) is 1. The van der Waals surface area contributed by atoms with Gasteiger partial charge in [-0.3, -0.25) is 4.79 Å². The average molecular weight is 228 g/mol. The maximum absolute atomic E-state index is 11.1. The molecule has 3 N–H and O–H groups in total. The van der Waals surface area contributed by atoms with Gasteiger partial charge in [-0.25, -0.2) is 0 Å². The zero-order chi connectivity index (χ0) is 11.8. The van der Waals surface area contributed by atoms with Crippen LogP contribution in [0.1, 0.15) is 45.4 Å². The van der Waals surface area contributed by atoms with Crippen molar-refractivity contribution in [3.05, 3.63) is 0 Å². The zero-order valence-corrected chi connectivity index (χ0v) is 10.2. The molecule has 1 aliphatic carbocycles. The van der Waals surface area contributed by atoms with Gasteiger partial charge in [-0.2, -0.15) is 0 Å². The molecule has 1 unspecified atom stereocenters. The fourth-order valence-electron chi connectivity index (χ4n) is 1.58. The molecule has 0 bridgehead atoms. The summed E-state index contributed by atoms with van der Waals surface area (Å²) in [4.78, 5) is 11.1. The summed E-state index contributed by atoms with van der Waals surface area (Å²) in [7, 11) is 0. The van der Waals surface area contributed by atoms with E-state index in [4.69, 9.17) is 10.5 Å². The van der Waals surface area contributed by atoms with Crippen LogP contribution < -0.4 is 11.1 Å². The van der Waals surface area contributed by atoms with Gasteiger partial charge in [0.15, 0.2) is 0 Å². The van der Waals surface area contributed by atoms with E-state index >= 15 is 0 Å². The third-order valence-electron chi connectivity index (χ3n) is 2.78. The van der Waals surface area contributed by atoms with Crippen LogP contribution in [0.2, 0.25) is 0 Å². The smallest absolute Gasteiger partial charge is 0.236 e. The highest BCUT2D eigenvalue weighted by atomic mass is 16.5. The summed E-state index contributed by atoms with van der Waals surface area (Å²) >= 11 is 0. The van der Waals surface area contributed by atoms with Crippen LogP contribution in [0.5, 0.6) is 0 Å². The molecule has 4 heteroatoms. The summed E-state index contributed by atoms with van der Waals surface area (Å²) in [6.07, 6.45) is 7.06. The molecule has 0 aromatic heterocycles. The number of hydrogen-bond donors (Lipinski definition) is 2. The lowest BCUT2D eigenvalue weighted by Crippen LogP contribution is -2.45. The largest absolute Gasteiger partial charge is 0.379 e. The number of hydrogen-bond acceptors (Lipinski definition) is 3. The van der Waals surface area contributed by atoms with Crippen LogP contribution >= 0.6 is 0 Å². The normalized spacial score (nSPS) is 17.3. The Morgan fingerprint density at radius 1 is 1.44 bits per heavy atom. The molecule has 0 radical (unpaired) electrons. The monoisotopic (exact) mass is 228 g/mol. The Balaban J connectivity index is 2.00. The number of amides is 1. The molecule has 0 aliphatic heterocycles. The van der Waals surface area contributed by atoms with E-state index in [0.717, 1.165) is 25.9 Å². The lowest BCUT2D eigenvalue weighted by Gasteiger charge is -2.15. The molecule has 1 aliphatic rings. The van der Waals surface area contributed by atoms with Gasteiger partial charge in [-0.05, 0) is 19.3 Å². The van der Waals surface area contributed by atoms with Gasteiger partial charge in [0.05, 0.1) is 6.61 Å². The molecule has 1 fully saturated rings. The molecule has 1 amide bonds.